The first-order valence-electron chi connectivity index (χ1n) is 3.79. The van der Waals surface area contributed by atoms with Crippen LogP contribution in [0.4, 0.5) is 0 Å². The van der Waals surface area contributed by atoms with Gasteiger partial charge in [0.25, 0.3) is 0 Å². The lowest BCUT2D eigenvalue weighted by atomic mass is 10.0. The Morgan fingerprint density at radius 1 is 1.60 bits per heavy atom. The highest BCUT2D eigenvalue weighted by molar-refractivity contribution is 4.75. The summed E-state index contributed by atoms with van der Waals surface area (Å²) in [4.78, 5) is 2.29. The molecule has 1 rings (SSSR count). The molecule has 2 N–H and O–H groups in total. The molecule has 0 aromatic carbocycles. The maximum absolute atomic E-state index is 5.28. The van der Waals surface area contributed by atoms with Crippen LogP contribution in [-0.4, -0.2) is 44.8 Å². The van der Waals surface area contributed by atoms with Crippen molar-refractivity contribution < 1.29 is 4.74 Å². The highest BCUT2D eigenvalue weighted by Crippen LogP contribution is 2.11. The van der Waals surface area contributed by atoms with Gasteiger partial charge in [0, 0.05) is 25.6 Å². The topological polar surface area (TPSA) is 38.5 Å². The van der Waals surface area contributed by atoms with Gasteiger partial charge in [-0.15, -0.1) is 0 Å². The summed E-state index contributed by atoms with van der Waals surface area (Å²) in [5.74, 6) is 0.761. The molecule has 3 heteroatoms. The highest BCUT2D eigenvalue weighted by atomic mass is 16.5. The van der Waals surface area contributed by atoms with Gasteiger partial charge in [-0.05, 0) is 7.05 Å². The minimum atomic E-state index is 0.641. The van der Waals surface area contributed by atoms with E-state index < -0.39 is 0 Å². The van der Waals surface area contributed by atoms with Crippen LogP contribution in [0.15, 0.2) is 0 Å². The van der Waals surface area contributed by atoms with E-state index in [2.05, 4.69) is 11.9 Å². The van der Waals surface area contributed by atoms with E-state index in [0.717, 1.165) is 12.5 Å². The molecule has 1 aliphatic heterocycles. The molecule has 60 valence electrons. The van der Waals surface area contributed by atoms with E-state index in [4.69, 9.17) is 10.5 Å². The molecule has 1 heterocycles. The number of rotatable bonds is 4. The maximum Gasteiger partial charge on any atom is 0.0588 e. The van der Waals surface area contributed by atoms with E-state index in [9.17, 15) is 0 Å². The lowest BCUT2D eigenvalue weighted by Crippen LogP contribution is -2.46. The van der Waals surface area contributed by atoms with Crippen molar-refractivity contribution >= 4 is 0 Å². The second-order valence-electron chi connectivity index (χ2n) is 2.95. The van der Waals surface area contributed by atoms with Crippen LogP contribution in [0.5, 0.6) is 0 Å². The molecule has 1 fully saturated rings. The normalized spacial score (nSPS) is 21.0. The van der Waals surface area contributed by atoms with Crippen molar-refractivity contribution in [2.45, 2.75) is 0 Å². The summed E-state index contributed by atoms with van der Waals surface area (Å²) in [5.41, 5.74) is 5.27. The summed E-state index contributed by atoms with van der Waals surface area (Å²) in [6.07, 6.45) is 0. The summed E-state index contributed by atoms with van der Waals surface area (Å²) in [6.45, 7) is 4.61. The van der Waals surface area contributed by atoms with Crippen LogP contribution in [-0.2, 0) is 4.74 Å². The van der Waals surface area contributed by atoms with Crippen LogP contribution in [0.2, 0.25) is 0 Å². The van der Waals surface area contributed by atoms with Crippen LogP contribution in [0.1, 0.15) is 0 Å². The summed E-state index contributed by atoms with van der Waals surface area (Å²) in [7, 11) is 2.12. The van der Waals surface area contributed by atoms with Crippen LogP contribution < -0.4 is 5.73 Å². The first-order valence-corrected chi connectivity index (χ1v) is 3.79. The molecule has 0 saturated carbocycles. The van der Waals surface area contributed by atoms with Crippen LogP contribution in [0.25, 0.3) is 0 Å². The number of nitrogens with zero attached hydrogens (tertiary/aromatic N) is 1. The average Bonchev–Trinajstić information content (AvgIpc) is 1.85. The molecule has 3 nitrogen and oxygen atoms in total. The number of nitrogens with two attached hydrogens (primary N) is 1. The van der Waals surface area contributed by atoms with Gasteiger partial charge in [-0.1, -0.05) is 0 Å². The van der Waals surface area contributed by atoms with Gasteiger partial charge in [-0.2, -0.15) is 0 Å². The monoisotopic (exact) mass is 144 g/mol. The highest BCUT2D eigenvalue weighted by Gasteiger charge is 2.22. The Hall–Kier alpha value is -0.120. The zero-order valence-corrected chi connectivity index (χ0v) is 6.55. The molecule has 0 spiro atoms. The molecule has 0 radical (unpaired) electrons. The van der Waals surface area contributed by atoms with Crippen LogP contribution >= 0.6 is 0 Å². The Morgan fingerprint density at radius 2 is 2.30 bits per heavy atom. The van der Waals surface area contributed by atoms with Crippen molar-refractivity contribution in [3.63, 3.8) is 0 Å². The summed E-state index contributed by atoms with van der Waals surface area (Å²) in [6, 6.07) is 0. The van der Waals surface area contributed by atoms with E-state index in [1.165, 1.54) is 13.1 Å². The second-order valence-corrected chi connectivity index (χ2v) is 2.95. The number of ether oxygens (including phenoxy) is 1. The fraction of sp³-hybridized carbons (Fsp3) is 1.00. The molecule has 0 atom stereocenters. The van der Waals surface area contributed by atoms with Gasteiger partial charge in [0.05, 0.1) is 13.2 Å². The van der Waals surface area contributed by atoms with Crippen molar-refractivity contribution in [2.75, 3.05) is 39.9 Å². The molecule has 0 bridgehead atoms. The van der Waals surface area contributed by atoms with Gasteiger partial charge in [0.1, 0.15) is 0 Å². The van der Waals surface area contributed by atoms with Gasteiger partial charge in [0.15, 0.2) is 0 Å². The smallest absolute Gasteiger partial charge is 0.0588 e. The Kier molecular flexibility index (Phi) is 3.12. The Bertz CT molecular complexity index is 91.6. The first kappa shape index (κ1) is 7.98. The SMILES string of the molecule is CN1CC(COCCN)C1. The Labute approximate surface area is 62.1 Å². The third-order valence-electron chi connectivity index (χ3n) is 1.76. The second kappa shape index (κ2) is 3.91. The lowest BCUT2D eigenvalue weighted by molar-refractivity contribution is 0.0308. The molecular weight excluding hydrogens is 128 g/mol. The molecule has 1 saturated heterocycles. The average molecular weight is 144 g/mol. The predicted octanol–water partition coefficient (Wildman–Crippen LogP) is -0.477. The molecule has 10 heavy (non-hydrogen) atoms. The van der Waals surface area contributed by atoms with E-state index in [0.29, 0.717) is 13.2 Å². The fourth-order valence-electron chi connectivity index (χ4n) is 1.27. The summed E-state index contributed by atoms with van der Waals surface area (Å²) < 4.78 is 5.28. The minimum Gasteiger partial charge on any atom is -0.380 e. The van der Waals surface area contributed by atoms with Gasteiger partial charge < -0.3 is 15.4 Å². The zero-order chi connectivity index (χ0) is 7.40. The minimum absolute atomic E-state index is 0.641. The first-order chi connectivity index (χ1) is 4.83. The maximum atomic E-state index is 5.28. The quantitative estimate of drug-likeness (QED) is 0.542. The van der Waals surface area contributed by atoms with Gasteiger partial charge >= 0.3 is 0 Å². The molecular formula is C7H16N2O. The predicted molar refractivity (Wildman–Crippen MR) is 40.9 cm³/mol. The lowest BCUT2D eigenvalue weighted by Gasteiger charge is -2.35. The van der Waals surface area contributed by atoms with Crippen molar-refractivity contribution in [3.8, 4) is 0 Å². The molecule has 0 unspecified atom stereocenters. The van der Waals surface area contributed by atoms with Gasteiger partial charge in [-0.3, -0.25) is 0 Å². The van der Waals surface area contributed by atoms with Crippen LogP contribution in [0.3, 0.4) is 0 Å². The van der Waals surface area contributed by atoms with E-state index in [1.807, 2.05) is 0 Å². The summed E-state index contributed by atoms with van der Waals surface area (Å²) in [5, 5.41) is 0. The molecule has 0 aromatic heterocycles. The van der Waals surface area contributed by atoms with Gasteiger partial charge in [0.2, 0.25) is 0 Å². The van der Waals surface area contributed by atoms with Crippen molar-refractivity contribution in [1.29, 1.82) is 0 Å². The largest absolute Gasteiger partial charge is 0.380 e. The Balaban J connectivity index is 1.86. The zero-order valence-electron chi connectivity index (χ0n) is 6.55. The van der Waals surface area contributed by atoms with E-state index >= 15 is 0 Å². The van der Waals surface area contributed by atoms with Crippen molar-refractivity contribution in [2.24, 2.45) is 11.7 Å². The van der Waals surface area contributed by atoms with Gasteiger partial charge in [-0.25, -0.2) is 0 Å². The molecule has 0 aliphatic carbocycles. The van der Waals surface area contributed by atoms with Crippen molar-refractivity contribution in [1.82, 2.24) is 4.90 Å². The third kappa shape index (κ3) is 2.25. The van der Waals surface area contributed by atoms with Crippen molar-refractivity contribution in [3.05, 3.63) is 0 Å². The summed E-state index contributed by atoms with van der Waals surface area (Å²) >= 11 is 0. The Morgan fingerprint density at radius 3 is 2.80 bits per heavy atom. The van der Waals surface area contributed by atoms with E-state index in [-0.39, 0.29) is 0 Å². The third-order valence-corrected chi connectivity index (χ3v) is 1.76. The van der Waals surface area contributed by atoms with E-state index in [1.54, 1.807) is 0 Å². The molecule has 1 aliphatic rings. The number of hydrogen-bond donors (Lipinski definition) is 1. The fourth-order valence-corrected chi connectivity index (χ4v) is 1.27. The number of hydrogen-bond acceptors (Lipinski definition) is 3. The molecule has 0 amide bonds. The standard InChI is InChI=1S/C7H16N2O/c1-9-4-7(5-9)6-10-3-2-8/h7H,2-6,8H2,1H3. The molecule has 0 aromatic rings. The van der Waals surface area contributed by atoms with Crippen LogP contribution in [0, 0.1) is 5.92 Å². The number of likely N-dealkylation sites (tertiary alicyclic amines) is 1.